The van der Waals surface area contributed by atoms with E-state index in [0.29, 0.717) is 12.4 Å². The van der Waals surface area contributed by atoms with Crippen molar-refractivity contribution in [3.63, 3.8) is 0 Å². The molecule has 0 spiro atoms. The Morgan fingerprint density at radius 2 is 1.88 bits per heavy atom. The van der Waals surface area contributed by atoms with E-state index in [4.69, 9.17) is 4.74 Å². The van der Waals surface area contributed by atoms with E-state index in [1.807, 2.05) is 45.0 Å². The predicted molar refractivity (Wildman–Crippen MR) is 103 cm³/mol. The average Bonchev–Trinajstić information content (AvgIpc) is 2.98. The van der Waals surface area contributed by atoms with Crippen LogP contribution in [-0.2, 0) is 0 Å². The molecular formula is C20H22N2O2S. The summed E-state index contributed by atoms with van der Waals surface area (Å²) in [6.07, 6.45) is 0. The number of fused-ring (bicyclic) bond motifs is 1. The molecule has 1 aromatic heterocycles. The highest BCUT2D eigenvalue weighted by Crippen LogP contribution is 2.25. The van der Waals surface area contributed by atoms with Gasteiger partial charge in [0.05, 0.1) is 23.4 Å². The first-order chi connectivity index (χ1) is 12.0. The van der Waals surface area contributed by atoms with Gasteiger partial charge >= 0.3 is 0 Å². The fourth-order valence-corrected chi connectivity index (χ4v) is 3.53. The second-order valence-electron chi connectivity index (χ2n) is 6.12. The minimum absolute atomic E-state index is 0.126. The Kier molecular flexibility index (Phi) is 5.13. The number of benzene rings is 2. The van der Waals surface area contributed by atoms with Crippen LogP contribution in [0.1, 0.15) is 34.0 Å². The van der Waals surface area contributed by atoms with Crippen molar-refractivity contribution in [2.75, 3.05) is 12.4 Å². The third-order valence-electron chi connectivity index (χ3n) is 4.22. The maximum atomic E-state index is 12.6. The van der Waals surface area contributed by atoms with E-state index < -0.39 is 0 Å². The second kappa shape index (κ2) is 7.31. The number of nitrogens with zero attached hydrogens (tertiary/aromatic N) is 1. The standard InChI is InChI=1S/C20H22N2O2S/c1-5-24-15-6-7-17-18(10-15)22-20(21-17)25-11-19(23)16-9-13(3)12(2)8-14(16)4/h6-10H,5,11H2,1-4H3,(H,21,22). The smallest absolute Gasteiger partial charge is 0.173 e. The highest BCUT2D eigenvalue weighted by molar-refractivity contribution is 7.99. The monoisotopic (exact) mass is 354 g/mol. The summed E-state index contributed by atoms with van der Waals surface area (Å²) in [5, 5.41) is 0.749. The molecule has 0 radical (unpaired) electrons. The first-order valence-corrected chi connectivity index (χ1v) is 9.33. The number of hydrogen-bond donors (Lipinski definition) is 1. The molecule has 0 amide bonds. The van der Waals surface area contributed by atoms with Gasteiger partial charge in [0.2, 0.25) is 0 Å². The van der Waals surface area contributed by atoms with Crippen LogP contribution in [0.2, 0.25) is 0 Å². The quantitative estimate of drug-likeness (QED) is 0.507. The van der Waals surface area contributed by atoms with Gasteiger partial charge in [0.25, 0.3) is 0 Å². The number of aryl methyl sites for hydroxylation is 3. The Morgan fingerprint density at radius 1 is 1.12 bits per heavy atom. The molecule has 1 N–H and O–H groups in total. The van der Waals surface area contributed by atoms with Crippen molar-refractivity contribution in [1.29, 1.82) is 0 Å². The molecule has 0 bridgehead atoms. The Morgan fingerprint density at radius 3 is 2.64 bits per heavy atom. The van der Waals surface area contributed by atoms with E-state index in [1.54, 1.807) is 0 Å². The van der Waals surface area contributed by atoms with Crippen LogP contribution in [0.4, 0.5) is 0 Å². The van der Waals surface area contributed by atoms with Gasteiger partial charge in [-0.15, -0.1) is 0 Å². The molecular weight excluding hydrogens is 332 g/mol. The molecule has 0 atom stereocenters. The van der Waals surface area contributed by atoms with E-state index in [1.165, 1.54) is 17.3 Å². The van der Waals surface area contributed by atoms with E-state index in [-0.39, 0.29) is 5.78 Å². The number of ether oxygens (including phenoxy) is 1. The predicted octanol–water partition coefficient (Wildman–Crippen LogP) is 4.86. The van der Waals surface area contributed by atoms with Crippen LogP contribution >= 0.6 is 11.8 Å². The largest absolute Gasteiger partial charge is 0.494 e. The second-order valence-corrected chi connectivity index (χ2v) is 7.08. The number of ketones is 1. The van der Waals surface area contributed by atoms with E-state index >= 15 is 0 Å². The van der Waals surface area contributed by atoms with E-state index in [9.17, 15) is 4.79 Å². The number of carbonyl (C=O) groups excluding carboxylic acids is 1. The number of nitrogens with one attached hydrogen (secondary N) is 1. The zero-order valence-corrected chi connectivity index (χ0v) is 15.8. The van der Waals surface area contributed by atoms with Crippen molar-refractivity contribution in [1.82, 2.24) is 9.97 Å². The van der Waals surface area contributed by atoms with E-state index in [2.05, 4.69) is 23.0 Å². The lowest BCUT2D eigenvalue weighted by Crippen LogP contribution is -2.06. The molecule has 0 unspecified atom stereocenters. The Labute approximate surface area is 152 Å². The zero-order chi connectivity index (χ0) is 18.0. The minimum atomic E-state index is 0.126. The van der Waals surface area contributed by atoms with Gasteiger partial charge in [-0.1, -0.05) is 17.8 Å². The topological polar surface area (TPSA) is 55.0 Å². The van der Waals surface area contributed by atoms with Crippen molar-refractivity contribution in [2.45, 2.75) is 32.9 Å². The molecule has 0 aliphatic heterocycles. The van der Waals surface area contributed by atoms with Crippen LogP contribution in [-0.4, -0.2) is 28.1 Å². The number of carbonyl (C=O) groups is 1. The maximum Gasteiger partial charge on any atom is 0.173 e. The van der Waals surface area contributed by atoms with Crippen molar-refractivity contribution >= 4 is 28.6 Å². The number of hydrogen-bond acceptors (Lipinski definition) is 4. The van der Waals surface area contributed by atoms with Gasteiger partial charge in [0.1, 0.15) is 5.75 Å². The highest BCUT2D eigenvalue weighted by Gasteiger charge is 2.13. The first kappa shape index (κ1) is 17.5. The lowest BCUT2D eigenvalue weighted by atomic mass is 9.99. The van der Waals surface area contributed by atoms with Gasteiger partial charge in [-0.05, 0) is 62.6 Å². The van der Waals surface area contributed by atoms with Crippen LogP contribution in [0, 0.1) is 20.8 Å². The summed E-state index contributed by atoms with van der Waals surface area (Å²) >= 11 is 1.43. The van der Waals surface area contributed by atoms with E-state index in [0.717, 1.165) is 38.6 Å². The molecule has 0 saturated heterocycles. The number of thioether (sulfide) groups is 1. The summed E-state index contributed by atoms with van der Waals surface area (Å²) in [7, 11) is 0. The van der Waals surface area contributed by atoms with Gasteiger partial charge < -0.3 is 9.72 Å². The van der Waals surface area contributed by atoms with Crippen LogP contribution in [0.3, 0.4) is 0 Å². The minimum Gasteiger partial charge on any atom is -0.494 e. The molecule has 3 rings (SSSR count). The molecule has 0 aliphatic rings. The van der Waals surface area contributed by atoms with Crippen molar-refractivity contribution < 1.29 is 9.53 Å². The number of rotatable bonds is 6. The summed E-state index contributed by atoms with van der Waals surface area (Å²) in [4.78, 5) is 20.4. The molecule has 0 saturated carbocycles. The fraction of sp³-hybridized carbons (Fsp3) is 0.300. The highest BCUT2D eigenvalue weighted by atomic mass is 32.2. The third kappa shape index (κ3) is 3.87. The third-order valence-corrected chi connectivity index (χ3v) is 5.10. The summed E-state index contributed by atoms with van der Waals surface area (Å²) in [5.74, 6) is 1.31. The fourth-order valence-electron chi connectivity index (χ4n) is 2.76. The number of aromatic amines is 1. The molecule has 0 fully saturated rings. The van der Waals surface area contributed by atoms with Gasteiger partial charge in [-0.2, -0.15) is 0 Å². The molecule has 4 nitrogen and oxygen atoms in total. The van der Waals surface area contributed by atoms with Crippen LogP contribution in [0.5, 0.6) is 5.75 Å². The maximum absolute atomic E-state index is 12.6. The molecule has 0 aliphatic carbocycles. The van der Waals surface area contributed by atoms with Crippen LogP contribution in [0.25, 0.3) is 11.0 Å². The van der Waals surface area contributed by atoms with Gasteiger partial charge in [-0.3, -0.25) is 4.79 Å². The van der Waals surface area contributed by atoms with Crippen molar-refractivity contribution in [2.24, 2.45) is 0 Å². The summed E-state index contributed by atoms with van der Waals surface area (Å²) in [6.45, 7) is 8.68. The van der Waals surface area contributed by atoms with Crippen molar-refractivity contribution in [3.05, 3.63) is 52.6 Å². The molecule has 5 heteroatoms. The first-order valence-electron chi connectivity index (χ1n) is 8.34. The molecule has 25 heavy (non-hydrogen) atoms. The molecule has 130 valence electrons. The Hall–Kier alpha value is -2.27. The lowest BCUT2D eigenvalue weighted by Gasteiger charge is -2.08. The SMILES string of the molecule is CCOc1ccc2nc(SCC(=O)c3cc(C)c(C)cc3C)[nH]c2c1. The number of H-pyrrole nitrogens is 1. The summed E-state index contributed by atoms with van der Waals surface area (Å²) in [5.41, 5.74) is 5.98. The Bertz CT molecular complexity index is 931. The molecule has 1 heterocycles. The zero-order valence-electron chi connectivity index (χ0n) is 15.0. The normalized spacial score (nSPS) is 11.0. The summed E-state index contributed by atoms with van der Waals surface area (Å²) < 4.78 is 5.50. The number of aromatic nitrogens is 2. The molecule has 3 aromatic rings. The van der Waals surface area contributed by atoms with Gasteiger partial charge in [0, 0.05) is 11.6 Å². The lowest BCUT2D eigenvalue weighted by molar-refractivity contribution is 0.102. The van der Waals surface area contributed by atoms with Crippen molar-refractivity contribution in [3.8, 4) is 5.75 Å². The van der Waals surface area contributed by atoms with Gasteiger partial charge in [-0.25, -0.2) is 4.98 Å². The number of Topliss-reactive ketones (excluding diaryl/α,β-unsaturated/α-hetero) is 1. The van der Waals surface area contributed by atoms with Gasteiger partial charge in [0.15, 0.2) is 10.9 Å². The summed E-state index contributed by atoms with van der Waals surface area (Å²) in [6, 6.07) is 9.83. The number of imidazole rings is 1. The molecule has 2 aromatic carbocycles. The van der Waals surface area contributed by atoms with Crippen LogP contribution in [0.15, 0.2) is 35.5 Å². The average molecular weight is 354 g/mol. The Balaban J connectivity index is 1.74. The van der Waals surface area contributed by atoms with Crippen LogP contribution < -0.4 is 4.74 Å².